The summed E-state index contributed by atoms with van der Waals surface area (Å²) in [5.74, 6) is 0.738. The number of hydrogen-bond acceptors (Lipinski definition) is 6. The van der Waals surface area contributed by atoms with Gasteiger partial charge in [0.1, 0.15) is 0 Å². The highest BCUT2D eigenvalue weighted by molar-refractivity contribution is 7.88. The number of rotatable bonds is 5. The van der Waals surface area contributed by atoms with Crippen molar-refractivity contribution in [3.8, 4) is 11.1 Å². The first-order valence-corrected chi connectivity index (χ1v) is 13.0. The molecule has 5 rings (SSSR count). The molecule has 1 amide bonds. The van der Waals surface area contributed by atoms with Gasteiger partial charge >= 0.3 is 0 Å². The van der Waals surface area contributed by atoms with Gasteiger partial charge in [-0.2, -0.15) is 9.40 Å². The molecule has 2 aliphatic rings. The van der Waals surface area contributed by atoms with Crippen molar-refractivity contribution in [1.29, 1.82) is 0 Å². The van der Waals surface area contributed by atoms with Crippen LogP contribution in [0.2, 0.25) is 0 Å². The largest absolute Gasteiger partial charge is 0.352 e. The van der Waals surface area contributed by atoms with Gasteiger partial charge in [0.15, 0.2) is 5.82 Å². The molecule has 2 heterocycles. The van der Waals surface area contributed by atoms with Gasteiger partial charge in [0.05, 0.1) is 12.5 Å². The number of sulfonamides is 1. The Morgan fingerprint density at radius 2 is 1.82 bits per heavy atom. The third kappa shape index (κ3) is 4.56. The number of carbonyl (C=O) groups excluding carboxylic acids is 1. The number of piperazine rings is 1. The van der Waals surface area contributed by atoms with Gasteiger partial charge in [-0.3, -0.25) is 4.79 Å². The SMILES string of the molecule is Cc1ccc(C(=O)NC2CC2)cc1-c1ccc2c(N3CCN(S(C)(=O)=O)CC3)nncc2c1. The first-order chi connectivity index (χ1) is 15.8. The smallest absolute Gasteiger partial charge is 0.251 e. The van der Waals surface area contributed by atoms with Crippen LogP contribution >= 0.6 is 0 Å². The van der Waals surface area contributed by atoms with E-state index in [9.17, 15) is 13.2 Å². The van der Waals surface area contributed by atoms with Gasteiger partial charge in [0, 0.05) is 48.6 Å². The zero-order chi connectivity index (χ0) is 23.2. The molecule has 172 valence electrons. The highest BCUT2D eigenvalue weighted by atomic mass is 32.2. The fraction of sp³-hybridized carbons (Fsp3) is 0.375. The summed E-state index contributed by atoms with van der Waals surface area (Å²) in [4.78, 5) is 14.6. The molecule has 0 unspecified atom stereocenters. The molecule has 1 saturated heterocycles. The Bertz CT molecular complexity index is 1330. The summed E-state index contributed by atoms with van der Waals surface area (Å²) in [5, 5.41) is 13.6. The van der Waals surface area contributed by atoms with Crippen molar-refractivity contribution in [2.24, 2.45) is 0 Å². The van der Waals surface area contributed by atoms with E-state index in [0.29, 0.717) is 37.8 Å². The van der Waals surface area contributed by atoms with Crippen LogP contribution in [0.5, 0.6) is 0 Å². The molecule has 0 radical (unpaired) electrons. The first-order valence-electron chi connectivity index (χ1n) is 11.2. The number of aryl methyl sites for hydroxylation is 1. The van der Waals surface area contributed by atoms with E-state index in [4.69, 9.17) is 0 Å². The molecule has 0 atom stereocenters. The third-order valence-electron chi connectivity index (χ3n) is 6.37. The molecule has 3 aromatic rings. The Balaban J connectivity index is 1.44. The predicted molar refractivity (Wildman–Crippen MR) is 129 cm³/mol. The van der Waals surface area contributed by atoms with E-state index in [2.05, 4.69) is 26.5 Å². The van der Waals surface area contributed by atoms with Gasteiger partial charge in [-0.25, -0.2) is 8.42 Å². The zero-order valence-corrected chi connectivity index (χ0v) is 19.6. The van der Waals surface area contributed by atoms with Crippen molar-refractivity contribution >= 4 is 32.5 Å². The number of nitrogens with one attached hydrogen (secondary N) is 1. The summed E-state index contributed by atoms with van der Waals surface area (Å²) >= 11 is 0. The zero-order valence-electron chi connectivity index (χ0n) is 18.8. The van der Waals surface area contributed by atoms with Crippen molar-refractivity contribution in [2.45, 2.75) is 25.8 Å². The van der Waals surface area contributed by atoms with E-state index in [1.165, 1.54) is 10.6 Å². The molecule has 0 spiro atoms. The maximum absolute atomic E-state index is 12.5. The fourth-order valence-electron chi connectivity index (χ4n) is 4.28. The van der Waals surface area contributed by atoms with E-state index in [1.54, 1.807) is 6.20 Å². The molecule has 2 fully saturated rings. The van der Waals surface area contributed by atoms with Crippen LogP contribution in [0.15, 0.2) is 42.6 Å². The van der Waals surface area contributed by atoms with E-state index in [0.717, 1.165) is 46.1 Å². The second kappa shape index (κ2) is 8.39. The maximum atomic E-state index is 12.5. The van der Waals surface area contributed by atoms with Crippen molar-refractivity contribution in [1.82, 2.24) is 19.8 Å². The topological polar surface area (TPSA) is 95.5 Å². The van der Waals surface area contributed by atoms with E-state index in [1.807, 2.05) is 37.3 Å². The summed E-state index contributed by atoms with van der Waals surface area (Å²) in [7, 11) is -3.19. The van der Waals surface area contributed by atoms with Gasteiger partial charge in [0.2, 0.25) is 10.0 Å². The summed E-state index contributed by atoms with van der Waals surface area (Å²) in [5.41, 5.74) is 3.79. The second-order valence-electron chi connectivity index (χ2n) is 8.90. The van der Waals surface area contributed by atoms with Crippen LogP contribution in [0.1, 0.15) is 28.8 Å². The van der Waals surface area contributed by atoms with Crippen molar-refractivity contribution in [3.05, 3.63) is 53.7 Å². The second-order valence-corrected chi connectivity index (χ2v) is 10.9. The van der Waals surface area contributed by atoms with Crippen LogP contribution in [0.3, 0.4) is 0 Å². The Kier molecular flexibility index (Phi) is 5.54. The molecule has 8 nitrogen and oxygen atoms in total. The van der Waals surface area contributed by atoms with Crippen LogP contribution in [0.25, 0.3) is 21.9 Å². The van der Waals surface area contributed by atoms with Crippen molar-refractivity contribution < 1.29 is 13.2 Å². The highest BCUT2D eigenvalue weighted by Gasteiger charge is 2.26. The molecular weight excluding hydrogens is 438 g/mol. The summed E-state index contributed by atoms with van der Waals surface area (Å²) < 4.78 is 25.1. The number of carbonyl (C=O) groups is 1. The molecule has 1 N–H and O–H groups in total. The lowest BCUT2D eigenvalue weighted by Gasteiger charge is -2.34. The number of fused-ring (bicyclic) bond motifs is 1. The Morgan fingerprint density at radius 1 is 1.06 bits per heavy atom. The van der Waals surface area contributed by atoms with Gasteiger partial charge in [0.25, 0.3) is 5.91 Å². The van der Waals surface area contributed by atoms with E-state index in [-0.39, 0.29) is 5.91 Å². The Morgan fingerprint density at radius 3 is 2.52 bits per heavy atom. The molecule has 0 bridgehead atoms. The highest BCUT2D eigenvalue weighted by Crippen LogP contribution is 2.31. The molecule has 9 heteroatoms. The first kappa shape index (κ1) is 21.8. The maximum Gasteiger partial charge on any atom is 0.251 e. The minimum Gasteiger partial charge on any atom is -0.352 e. The van der Waals surface area contributed by atoms with E-state index < -0.39 is 10.0 Å². The number of benzene rings is 2. The van der Waals surface area contributed by atoms with Gasteiger partial charge in [-0.15, -0.1) is 5.10 Å². The lowest BCUT2D eigenvalue weighted by atomic mass is 9.96. The van der Waals surface area contributed by atoms with Crippen LogP contribution < -0.4 is 10.2 Å². The standard InChI is InChI=1S/C24H27N5O3S/c1-16-3-4-18(24(30)26-20-6-7-20)14-22(16)17-5-8-21-19(13-17)15-25-27-23(21)28-9-11-29(12-10-28)33(2,31)32/h3-5,8,13-15,20H,6-7,9-12H2,1-2H3,(H,26,30). The molecule has 2 aromatic carbocycles. The summed E-state index contributed by atoms with van der Waals surface area (Å²) in [6.07, 6.45) is 5.10. The monoisotopic (exact) mass is 465 g/mol. The third-order valence-corrected chi connectivity index (χ3v) is 7.68. The van der Waals surface area contributed by atoms with Crippen LogP contribution in [-0.2, 0) is 10.0 Å². The fourth-order valence-corrected chi connectivity index (χ4v) is 5.10. The van der Waals surface area contributed by atoms with E-state index >= 15 is 0 Å². The lowest BCUT2D eigenvalue weighted by molar-refractivity contribution is 0.0951. The van der Waals surface area contributed by atoms with Crippen LogP contribution in [-0.4, -0.2) is 67.3 Å². The Hall–Kier alpha value is -3.04. The van der Waals surface area contributed by atoms with Crippen LogP contribution in [0.4, 0.5) is 5.82 Å². The predicted octanol–water partition coefficient (Wildman–Crippen LogP) is 2.58. The average molecular weight is 466 g/mol. The normalized spacial score (nSPS) is 17.3. The number of anilines is 1. The number of aromatic nitrogens is 2. The lowest BCUT2D eigenvalue weighted by Crippen LogP contribution is -2.48. The average Bonchev–Trinajstić information content (AvgIpc) is 3.62. The van der Waals surface area contributed by atoms with Crippen LogP contribution in [0, 0.1) is 6.92 Å². The van der Waals surface area contributed by atoms with Gasteiger partial charge in [-0.1, -0.05) is 12.1 Å². The van der Waals surface area contributed by atoms with Crippen molar-refractivity contribution in [3.63, 3.8) is 0 Å². The molecular formula is C24H27N5O3S. The molecule has 33 heavy (non-hydrogen) atoms. The molecule has 1 saturated carbocycles. The molecule has 1 aliphatic heterocycles. The summed E-state index contributed by atoms with van der Waals surface area (Å²) in [6.45, 7) is 4.05. The molecule has 1 aromatic heterocycles. The van der Waals surface area contributed by atoms with Gasteiger partial charge < -0.3 is 10.2 Å². The Labute approximate surface area is 193 Å². The quantitative estimate of drug-likeness (QED) is 0.622. The van der Waals surface area contributed by atoms with Gasteiger partial charge in [-0.05, 0) is 60.7 Å². The number of nitrogens with zero attached hydrogens (tertiary/aromatic N) is 4. The minimum atomic E-state index is -3.19. The number of amides is 1. The summed E-state index contributed by atoms with van der Waals surface area (Å²) in [6, 6.07) is 12.3. The van der Waals surface area contributed by atoms with Crippen molar-refractivity contribution in [2.75, 3.05) is 37.3 Å². The minimum absolute atomic E-state index is 0.0269. The molecule has 1 aliphatic carbocycles. The number of hydrogen-bond donors (Lipinski definition) is 1.